The topological polar surface area (TPSA) is 56.3 Å². The molecular weight excluding hydrogens is 290 g/mol. The van der Waals surface area contributed by atoms with Crippen LogP contribution in [0.4, 0.5) is 0 Å². The lowest BCUT2D eigenvalue weighted by Crippen LogP contribution is -2.10. The van der Waals surface area contributed by atoms with E-state index in [1.54, 1.807) is 36.5 Å². The smallest absolute Gasteiger partial charge is 0.219 e. The Morgan fingerprint density at radius 2 is 1.48 bits per heavy atom. The van der Waals surface area contributed by atoms with Gasteiger partial charge >= 0.3 is 0 Å². The lowest BCUT2D eigenvalue weighted by Gasteiger charge is -2.14. The van der Waals surface area contributed by atoms with Gasteiger partial charge in [0.25, 0.3) is 0 Å². The van der Waals surface area contributed by atoms with Gasteiger partial charge in [-0.15, -0.1) is 0 Å². The van der Waals surface area contributed by atoms with Crippen molar-refractivity contribution in [3.63, 3.8) is 0 Å². The van der Waals surface area contributed by atoms with Crippen LogP contribution >= 0.6 is 0 Å². The highest BCUT2D eigenvalue weighted by molar-refractivity contribution is 6.08. The van der Waals surface area contributed by atoms with Crippen LogP contribution in [-0.2, 0) is 0 Å². The number of carbonyl (C=O) groups is 2. The SMILES string of the molecule is O=C(c1cccc(C(=O)C2CC2)c1Oc1ccccn1)C1CC1. The monoisotopic (exact) mass is 307 g/mol. The fourth-order valence-electron chi connectivity index (χ4n) is 2.68. The number of Topliss-reactive ketones (excluding diaryl/α,β-unsaturated/α-hetero) is 2. The molecule has 2 aliphatic carbocycles. The highest BCUT2D eigenvalue weighted by Crippen LogP contribution is 2.40. The Balaban J connectivity index is 1.77. The van der Waals surface area contributed by atoms with E-state index in [2.05, 4.69) is 4.98 Å². The van der Waals surface area contributed by atoms with E-state index in [1.807, 2.05) is 6.07 Å². The molecule has 2 aliphatic rings. The maximum Gasteiger partial charge on any atom is 0.219 e. The van der Waals surface area contributed by atoms with E-state index in [1.165, 1.54) is 0 Å². The molecule has 0 aliphatic heterocycles. The van der Waals surface area contributed by atoms with Crippen molar-refractivity contribution >= 4 is 11.6 Å². The number of hydrogen-bond donors (Lipinski definition) is 0. The van der Waals surface area contributed by atoms with Gasteiger partial charge in [-0.3, -0.25) is 9.59 Å². The normalized spacial score (nSPS) is 16.9. The van der Waals surface area contributed by atoms with Gasteiger partial charge in [-0.2, -0.15) is 0 Å². The number of ether oxygens (including phenoxy) is 1. The van der Waals surface area contributed by atoms with Gasteiger partial charge in [0, 0.05) is 24.1 Å². The zero-order valence-electron chi connectivity index (χ0n) is 12.7. The summed E-state index contributed by atoms with van der Waals surface area (Å²) in [6, 6.07) is 10.6. The Morgan fingerprint density at radius 3 is 1.96 bits per heavy atom. The van der Waals surface area contributed by atoms with Crippen LogP contribution in [0.1, 0.15) is 46.4 Å². The number of carbonyl (C=O) groups excluding carboxylic acids is 2. The van der Waals surface area contributed by atoms with Gasteiger partial charge in [-0.05, 0) is 43.9 Å². The number of aromatic nitrogens is 1. The second-order valence-corrected chi connectivity index (χ2v) is 6.23. The quantitative estimate of drug-likeness (QED) is 0.755. The molecule has 0 bridgehead atoms. The number of pyridine rings is 1. The molecule has 1 heterocycles. The van der Waals surface area contributed by atoms with Gasteiger partial charge < -0.3 is 4.74 Å². The third-order valence-corrected chi connectivity index (χ3v) is 4.29. The second-order valence-electron chi connectivity index (χ2n) is 6.23. The van der Waals surface area contributed by atoms with E-state index in [4.69, 9.17) is 4.74 Å². The lowest BCUT2D eigenvalue weighted by atomic mass is 9.98. The predicted molar refractivity (Wildman–Crippen MR) is 84.9 cm³/mol. The molecule has 0 N–H and O–H groups in total. The van der Waals surface area contributed by atoms with Gasteiger partial charge in [0.15, 0.2) is 17.3 Å². The molecule has 2 aromatic rings. The van der Waals surface area contributed by atoms with Crippen LogP contribution < -0.4 is 4.74 Å². The highest BCUT2D eigenvalue weighted by atomic mass is 16.5. The van der Waals surface area contributed by atoms with Crippen molar-refractivity contribution in [2.24, 2.45) is 11.8 Å². The molecule has 0 radical (unpaired) electrons. The second kappa shape index (κ2) is 5.61. The first-order valence-electron chi connectivity index (χ1n) is 8.04. The molecule has 23 heavy (non-hydrogen) atoms. The maximum atomic E-state index is 12.6. The Labute approximate surface area is 134 Å². The number of hydrogen-bond acceptors (Lipinski definition) is 4. The van der Waals surface area contributed by atoms with E-state index in [9.17, 15) is 9.59 Å². The summed E-state index contributed by atoms with van der Waals surface area (Å²) in [6.07, 6.45) is 5.31. The van der Waals surface area contributed by atoms with E-state index in [0.717, 1.165) is 25.7 Å². The largest absolute Gasteiger partial charge is 0.438 e. The highest BCUT2D eigenvalue weighted by Gasteiger charge is 2.36. The Hall–Kier alpha value is -2.49. The zero-order chi connectivity index (χ0) is 15.8. The average molecular weight is 307 g/mol. The van der Waals surface area contributed by atoms with Crippen LogP contribution in [0.25, 0.3) is 0 Å². The van der Waals surface area contributed by atoms with Crippen molar-refractivity contribution in [3.8, 4) is 11.6 Å². The molecule has 4 heteroatoms. The summed E-state index contributed by atoms with van der Waals surface area (Å²) in [6.45, 7) is 0. The van der Waals surface area contributed by atoms with Gasteiger partial charge in [0.1, 0.15) is 0 Å². The number of rotatable bonds is 6. The zero-order valence-corrected chi connectivity index (χ0v) is 12.7. The molecule has 0 spiro atoms. The third kappa shape index (κ3) is 2.89. The van der Waals surface area contributed by atoms with Crippen molar-refractivity contribution in [3.05, 3.63) is 53.7 Å². The van der Waals surface area contributed by atoms with Crippen molar-refractivity contribution < 1.29 is 14.3 Å². The van der Waals surface area contributed by atoms with E-state index < -0.39 is 0 Å². The molecule has 116 valence electrons. The minimum absolute atomic E-state index is 0.0707. The Morgan fingerprint density at radius 1 is 0.870 bits per heavy atom. The number of nitrogens with zero attached hydrogens (tertiary/aromatic N) is 1. The van der Waals surface area contributed by atoms with Crippen molar-refractivity contribution in [2.45, 2.75) is 25.7 Å². The first-order chi connectivity index (χ1) is 11.2. The molecule has 2 saturated carbocycles. The summed E-state index contributed by atoms with van der Waals surface area (Å²) in [5.41, 5.74) is 1.01. The van der Waals surface area contributed by atoms with Crippen LogP contribution in [0, 0.1) is 11.8 Å². The van der Waals surface area contributed by atoms with Crippen molar-refractivity contribution in [2.75, 3.05) is 0 Å². The van der Waals surface area contributed by atoms with Crippen LogP contribution in [0.5, 0.6) is 11.6 Å². The standard InChI is InChI=1S/C19H17NO3/c21-17(12-7-8-12)14-4-3-5-15(18(22)13-9-10-13)19(14)23-16-6-1-2-11-20-16/h1-6,11-13H,7-10H2. The van der Waals surface area contributed by atoms with Gasteiger partial charge in [-0.1, -0.05) is 12.1 Å². The molecule has 0 saturated heterocycles. The van der Waals surface area contributed by atoms with Crippen LogP contribution in [0.15, 0.2) is 42.6 Å². The summed E-state index contributed by atoms with van der Waals surface area (Å²) >= 11 is 0. The summed E-state index contributed by atoms with van der Waals surface area (Å²) in [5, 5.41) is 0. The molecule has 4 nitrogen and oxygen atoms in total. The molecule has 1 aromatic heterocycles. The summed E-state index contributed by atoms with van der Waals surface area (Å²) in [5.74, 6) is 1.07. The fraction of sp³-hybridized carbons (Fsp3) is 0.316. The van der Waals surface area contributed by atoms with Crippen LogP contribution in [-0.4, -0.2) is 16.6 Å². The first-order valence-corrected chi connectivity index (χ1v) is 8.04. The van der Waals surface area contributed by atoms with Crippen LogP contribution in [0.3, 0.4) is 0 Å². The molecule has 0 atom stereocenters. The van der Waals surface area contributed by atoms with Crippen molar-refractivity contribution in [1.29, 1.82) is 0 Å². The third-order valence-electron chi connectivity index (χ3n) is 4.29. The predicted octanol–water partition coefficient (Wildman–Crippen LogP) is 4.06. The minimum Gasteiger partial charge on any atom is -0.438 e. The van der Waals surface area contributed by atoms with Crippen LogP contribution in [0.2, 0.25) is 0 Å². The molecule has 1 aromatic carbocycles. The first kappa shape index (κ1) is 14.1. The summed E-state index contributed by atoms with van der Waals surface area (Å²) < 4.78 is 5.89. The lowest BCUT2D eigenvalue weighted by molar-refractivity contribution is 0.0963. The Kier molecular flexibility index (Phi) is 3.45. The Bertz CT molecular complexity index is 719. The summed E-state index contributed by atoms with van der Waals surface area (Å²) in [7, 11) is 0. The van der Waals surface area contributed by atoms with Crippen molar-refractivity contribution in [1.82, 2.24) is 4.98 Å². The van der Waals surface area contributed by atoms with E-state index in [0.29, 0.717) is 22.8 Å². The van der Waals surface area contributed by atoms with E-state index >= 15 is 0 Å². The van der Waals surface area contributed by atoms with E-state index in [-0.39, 0.29) is 23.4 Å². The molecule has 0 unspecified atom stereocenters. The number of para-hydroxylation sites is 1. The number of ketones is 2. The molecule has 2 fully saturated rings. The van der Waals surface area contributed by atoms with Gasteiger partial charge in [-0.25, -0.2) is 4.98 Å². The molecule has 0 amide bonds. The average Bonchev–Trinajstić information content (AvgIpc) is 3.48. The maximum absolute atomic E-state index is 12.6. The molecular formula is C19H17NO3. The van der Waals surface area contributed by atoms with Gasteiger partial charge in [0.2, 0.25) is 5.88 Å². The fourth-order valence-corrected chi connectivity index (χ4v) is 2.68. The number of benzene rings is 1. The van der Waals surface area contributed by atoms with Gasteiger partial charge in [0.05, 0.1) is 11.1 Å². The summed E-state index contributed by atoms with van der Waals surface area (Å²) in [4.78, 5) is 29.3. The minimum atomic E-state index is 0.0707. The molecule has 4 rings (SSSR count).